The van der Waals surface area contributed by atoms with Crippen LogP contribution in [0.25, 0.3) is 0 Å². The average molecular weight is 385 g/mol. The third kappa shape index (κ3) is 7.76. The van der Waals surface area contributed by atoms with Crippen LogP contribution in [0.3, 0.4) is 0 Å². The lowest BCUT2D eigenvalue weighted by Gasteiger charge is -2.38. The molecule has 0 aromatic carbocycles. The van der Waals surface area contributed by atoms with E-state index in [1.807, 2.05) is 0 Å². The standard InChI is InChI=1S/C16H23N3O6S/c1-2-7-25-11-4-6-19(14(21)9-26-10-15(22)23)12(8-11)16(24)18-5-3-13(17)20/h1,11-12H,3-10H2,(H2,17,20)(H,18,24)(H,22,23). The summed E-state index contributed by atoms with van der Waals surface area (Å²) in [5.41, 5.74) is 5.04. The molecular weight excluding hydrogens is 362 g/mol. The molecule has 0 radical (unpaired) electrons. The first kappa shape index (κ1) is 21.8. The number of carboxylic acid groups (broad SMARTS) is 1. The van der Waals surface area contributed by atoms with Crippen molar-refractivity contribution in [3.05, 3.63) is 0 Å². The molecule has 144 valence electrons. The normalized spacial score (nSPS) is 19.4. The van der Waals surface area contributed by atoms with E-state index >= 15 is 0 Å². The quantitative estimate of drug-likeness (QED) is 0.402. The monoisotopic (exact) mass is 385 g/mol. The van der Waals surface area contributed by atoms with E-state index in [-0.39, 0.29) is 49.5 Å². The van der Waals surface area contributed by atoms with Crippen LogP contribution in [0.2, 0.25) is 0 Å². The third-order valence-electron chi connectivity index (χ3n) is 3.70. The maximum Gasteiger partial charge on any atom is 0.313 e. The molecule has 1 heterocycles. The summed E-state index contributed by atoms with van der Waals surface area (Å²) < 4.78 is 5.48. The highest BCUT2D eigenvalue weighted by Gasteiger charge is 2.36. The molecule has 2 atom stereocenters. The molecule has 10 heteroatoms. The van der Waals surface area contributed by atoms with Crippen LogP contribution in [-0.4, -0.2) is 77.0 Å². The van der Waals surface area contributed by atoms with Gasteiger partial charge in [0.05, 0.1) is 17.6 Å². The number of piperidine rings is 1. The second-order valence-electron chi connectivity index (χ2n) is 5.66. The van der Waals surface area contributed by atoms with Crippen molar-refractivity contribution in [3.8, 4) is 12.3 Å². The minimum atomic E-state index is -1.01. The minimum Gasteiger partial charge on any atom is -0.481 e. The van der Waals surface area contributed by atoms with E-state index < -0.39 is 23.8 Å². The van der Waals surface area contributed by atoms with Gasteiger partial charge in [0.25, 0.3) is 0 Å². The van der Waals surface area contributed by atoms with Gasteiger partial charge in [0, 0.05) is 25.9 Å². The van der Waals surface area contributed by atoms with Crippen molar-refractivity contribution in [2.75, 3.05) is 31.2 Å². The highest BCUT2D eigenvalue weighted by Crippen LogP contribution is 2.21. The zero-order valence-corrected chi connectivity index (χ0v) is 15.1. The van der Waals surface area contributed by atoms with Crippen molar-refractivity contribution in [1.29, 1.82) is 0 Å². The van der Waals surface area contributed by atoms with Crippen LogP contribution in [0.15, 0.2) is 0 Å². The number of primary amides is 1. The van der Waals surface area contributed by atoms with Gasteiger partial charge in [-0.2, -0.15) is 0 Å². The summed E-state index contributed by atoms with van der Waals surface area (Å²) in [5, 5.41) is 11.2. The number of hydrogen-bond donors (Lipinski definition) is 3. The number of rotatable bonds is 10. The van der Waals surface area contributed by atoms with Gasteiger partial charge in [0.1, 0.15) is 12.6 Å². The zero-order valence-electron chi connectivity index (χ0n) is 14.3. The van der Waals surface area contributed by atoms with Gasteiger partial charge in [0.2, 0.25) is 17.7 Å². The number of amides is 3. The van der Waals surface area contributed by atoms with Crippen LogP contribution in [0.5, 0.6) is 0 Å². The highest BCUT2D eigenvalue weighted by atomic mass is 32.2. The Hall–Kier alpha value is -2.25. The Kier molecular flexibility index (Phi) is 9.54. The van der Waals surface area contributed by atoms with Crippen molar-refractivity contribution in [2.24, 2.45) is 5.73 Å². The number of nitrogens with one attached hydrogen (secondary N) is 1. The smallest absolute Gasteiger partial charge is 0.313 e. The zero-order chi connectivity index (χ0) is 19.5. The van der Waals surface area contributed by atoms with Gasteiger partial charge in [-0.25, -0.2) is 0 Å². The average Bonchev–Trinajstić information content (AvgIpc) is 2.58. The molecule has 1 rings (SSSR count). The second kappa shape index (κ2) is 11.4. The van der Waals surface area contributed by atoms with Crippen LogP contribution in [0.1, 0.15) is 19.3 Å². The molecule has 26 heavy (non-hydrogen) atoms. The molecule has 0 aliphatic carbocycles. The Balaban J connectivity index is 2.70. The minimum absolute atomic E-state index is 0.00209. The van der Waals surface area contributed by atoms with Gasteiger partial charge in [0.15, 0.2) is 0 Å². The van der Waals surface area contributed by atoms with E-state index in [2.05, 4.69) is 11.2 Å². The molecule has 0 spiro atoms. The summed E-state index contributed by atoms with van der Waals surface area (Å²) in [5.74, 6) is -0.134. The molecule has 0 aromatic rings. The number of carbonyl (C=O) groups excluding carboxylic acids is 3. The number of aliphatic carboxylic acids is 1. The molecule has 3 amide bonds. The van der Waals surface area contributed by atoms with Crippen LogP contribution in [0, 0.1) is 12.3 Å². The van der Waals surface area contributed by atoms with Crippen molar-refractivity contribution >= 4 is 35.5 Å². The van der Waals surface area contributed by atoms with E-state index in [1.54, 1.807) is 0 Å². The SMILES string of the molecule is C#CCOC1CCN(C(=O)CSCC(=O)O)C(C(=O)NCCC(N)=O)C1. The molecule has 1 saturated heterocycles. The van der Waals surface area contributed by atoms with Crippen LogP contribution in [-0.2, 0) is 23.9 Å². The number of carbonyl (C=O) groups is 4. The number of nitrogens with two attached hydrogens (primary N) is 1. The number of likely N-dealkylation sites (tertiary alicyclic amines) is 1. The topological polar surface area (TPSA) is 139 Å². The highest BCUT2D eigenvalue weighted by molar-refractivity contribution is 8.00. The van der Waals surface area contributed by atoms with Gasteiger partial charge in [-0.1, -0.05) is 5.92 Å². The Bertz CT molecular complexity index is 577. The molecule has 1 aliphatic heterocycles. The maximum atomic E-state index is 12.4. The first-order valence-electron chi connectivity index (χ1n) is 8.05. The van der Waals surface area contributed by atoms with Gasteiger partial charge in [-0.15, -0.1) is 18.2 Å². The summed E-state index contributed by atoms with van der Waals surface area (Å²) in [4.78, 5) is 47.6. The summed E-state index contributed by atoms with van der Waals surface area (Å²) in [6, 6.07) is -0.766. The molecule has 1 fully saturated rings. The summed E-state index contributed by atoms with van der Waals surface area (Å²) in [6.45, 7) is 0.495. The molecule has 0 bridgehead atoms. The Morgan fingerprint density at radius 2 is 2.08 bits per heavy atom. The molecule has 0 aromatic heterocycles. The number of terminal acetylenes is 1. The number of carboxylic acids is 1. The fourth-order valence-corrected chi connectivity index (χ4v) is 3.15. The van der Waals surface area contributed by atoms with Gasteiger partial charge >= 0.3 is 5.97 Å². The van der Waals surface area contributed by atoms with Gasteiger partial charge in [-0.05, 0) is 6.42 Å². The van der Waals surface area contributed by atoms with Crippen molar-refractivity contribution in [2.45, 2.75) is 31.4 Å². The Morgan fingerprint density at radius 3 is 2.69 bits per heavy atom. The number of ether oxygens (including phenoxy) is 1. The van der Waals surface area contributed by atoms with Crippen molar-refractivity contribution in [1.82, 2.24) is 10.2 Å². The molecule has 4 N–H and O–H groups in total. The van der Waals surface area contributed by atoms with Gasteiger partial charge < -0.3 is 25.8 Å². The van der Waals surface area contributed by atoms with Crippen molar-refractivity contribution in [3.63, 3.8) is 0 Å². The van der Waals surface area contributed by atoms with E-state index in [0.29, 0.717) is 13.0 Å². The summed E-state index contributed by atoms with van der Waals surface area (Å²) in [7, 11) is 0. The number of hydrogen-bond acceptors (Lipinski definition) is 6. The molecular formula is C16H23N3O6S. The fraction of sp³-hybridized carbons (Fsp3) is 0.625. The molecule has 2 unspecified atom stereocenters. The molecule has 1 aliphatic rings. The summed E-state index contributed by atoms with van der Waals surface area (Å²) in [6.07, 6.45) is 5.72. The number of nitrogens with zero attached hydrogens (tertiary/aromatic N) is 1. The third-order valence-corrected chi connectivity index (χ3v) is 4.60. The lowest BCUT2D eigenvalue weighted by molar-refractivity contribution is -0.143. The second-order valence-corrected chi connectivity index (χ2v) is 6.64. The fourth-order valence-electron chi connectivity index (χ4n) is 2.53. The first-order valence-corrected chi connectivity index (χ1v) is 9.20. The largest absolute Gasteiger partial charge is 0.481 e. The predicted molar refractivity (Wildman–Crippen MR) is 95.1 cm³/mol. The summed E-state index contributed by atoms with van der Waals surface area (Å²) >= 11 is 0.972. The maximum absolute atomic E-state index is 12.4. The molecule has 9 nitrogen and oxygen atoms in total. The Labute approximate surface area is 156 Å². The van der Waals surface area contributed by atoms with E-state index in [1.165, 1.54) is 4.90 Å². The van der Waals surface area contributed by atoms with Crippen LogP contribution >= 0.6 is 11.8 Å². The number of thioether (sulfide) groups is 1. The van der Waals surface area contributed by atoms with E-state index in [0.717, 1.165) is 11.8 Å². The lowest BCUT2D eigenvalue weighted by atomic mass is 9.98. The lowest BCUT2D eigenvalue weighted by Crippen LogP contribution is -2.55. The predicted octanol–water partition coefficient (Wildman–Crippen LogP) is -1.19. The van der Waals surface area contributed by atoms with E-state index in [4.69, 9.17) is 22.0 Å². The van der Waals surface area contributed by atoms with Gasteiger partial charge in [-0.3, -0.25) is 19.2 Å². The first-order chi connectivity index (χ1) is 12.3. The van der Waals surface area contributed by atoms with Crippen molar-refractivity contribution < 1.29 is 29.0 Å². The van der Waals surface area contributed by atoms with E-state index in [9.17, 15) is 19.2 Å². The Morgan fingerprint density at radius 1 is 1.35 bits per heavy atom. The van der Waals surface area contributed by atoms with Crippen LogP contribution < -0.4 is 11.1 Å². The molecule has 0 saturated carbocycles. The van der Waals surface area contributed by atoms with Crippen LogP contribution in [0.4, 0.5) is 0 Å².